The average Bonchev–Trinajstić information content (AvgIpc) is 2.31. The predicted molar refractivity (Wildman–Crippen MR) is 49.0 cm³/mol. The number of halogens is 1. The van der Waals surface area contributed by atoms with E-state index in [4.69, 9.17) is 10.2 Å². The minimum absolute atomic E-state index is 0.209. The maximum absolute atomic E-state index is 11.5. The Hall–Kier alpha value is -0.610. The van der Waals surface area contributed by atoms with Crippen LogP contribution in [0.25, 0.3) is 0 Å². The van der Waals surface area contributed by atoms with E-state index in [0.29, 0.717) is 4.47 Å². The van der Waals surface area contributed by atoms with E-state index in [-0.39, 0.29) is 11.5 Å². The molecule has 0 unspecified atom stereocenters. The number of carbonyl (C=O) groups excluding carboxylic acids is 1. The first-order valence-electron chi connectivity index (χ1n) is 3.49. The van der Waals surface area contributed by atoms with Crippen LogP contribution in [0.2, 0.25) is 0 Å². The SMILES string of the molecule is CC(C)(N)C(=O)c1occc1Br. The Morgan fingerprint density at radius 2 is 2.25 bits per heavy atom. The van der Waals surface area contributed by atoms with Gasteiger partial charge in [-0.15, -0.1) is 0 Å². The summed E-state index contributed by atoms with van der Waals surface area (Å²) in [5.41, 5.74) is 4.72. The highest BCUT2D eigenvalue weighted by Gasteiger charge is 2.27. The van der Waals surface area contributed by atoms with Crippen LogP contribution < -0.4 is 5.73 Å². The number of hydrogen-bond acceptors (Lipinski definition) is 3. The lowest BCUT2D eigenvalue weighted by Crippen LogP contribution is -2.41. The van der Waals surface area contributed by atoms with Gasteiger partial charge in [0.15, 0.2) is 5.76 Å². The third kappa shape index (κ3) is 1.76. The zero-order valence-electron chi connectivity index (χ0n) is 6.93. The fourth-order valence-electron chi connectivity index (χ4n) is 0.748. The molecular formula is C8H10BrNO2. The van der Waals surface area contributed by atoms with Gasteiger partial charge in [-0.05, 0) is 35.8 Å². The molecule has 0 spiro atoms. The average molecular weight is 232 g/mol. The standard InChI is InChI=1S/C8H10BrNO2/c1-8(2,10)7(11)6-5(9)3-4-12-6/h3-4H,10H2,1-2H3. The first kappa shape index (κ1) is 9.48. The van der Waals surface area contributed by atoms with Gasteiger partial charge in [-0.2, -0.15) is 0 Å². The molecule has 12 heavy (non-hydrogen) atoms. The molecule has 66 valence electrons. The van der Waals surface area contributed by atoms with E-state index in [9.17, 15) is 4.79 Å². The van der Waals surface area contributed by atoms with E-state index < -0.39 is 5.54 Å². The maximum Gasteiger partial charge on any atom is 0.218 e. The molecule has 3 nitrogen and oxygen atoms in total. The lowest BCUT2D eigenvalue weighted by atomic mass is 9.99. The summed E-state index contributed by atoms with van der Waals surface area (Å²) in [5, 5.41) is 0. The Kier molecular flexibility index (Phi) is 2.39. The van der Waals surface area contributed by atoms with Gasteiger partial charge in [-0.3, -0.25) is 4.79 Å². The molecule has 0 aliphatic heterocycles. The Labute approximate surface area is 79.1 Å². The van der Waals surface area contributed by atoms with E-state index in [1.54, 1.807) is 19.9 Å². The highest BCUT2D eigenvalue weighted by Crippen LogP contribution is 2.21. The summed E-state index contributed by atoms with van der Waals surface area (Å²) >= 11 is 3.19. The molecule has 2 N–H and O–H groups in total. The van der Waals surface area contributed by atoms with Gasteiger partial charge in [0.2, 0.25) is 5.78 Å². The van der Waals surface area contributed by atoms with Gasteiger partial charge in [0.05, 0.1) is 16.3 Å². The van der Waals surface area contributed by atoms with E-state index >= 15 is 0 Å². The van der Waals surface area contributed by atoms with Gasteiger partial charge in [0.25, 0.3) is 0 Å². The maximum atomic E-state index is 11.5. The number of rotatable bonds is 2. The normalized spacial score (nSPS) is 11.7. The van der Waals surface area contributed by atoms with Gasteiger partial charge in [-0.1, -0.05) is 0 Å². The molecule has 0 saturated heterocycles. The molecule has 0 saturated carbocycles. The van der Waals surface area contributed by atoms with E-state index in [1.807, 2.05) is 0 Å². The molecule has 1 aromatic heterocycles. The summed E-state index contributed by atoms with van der Waals surface area (Å²) in [6.45, 7) is 3.29. The minimum Gasteiger partial charge on any atom is -0.460 e. The van der Waals surface area contributed by atoms with Crippen LogP contribution in [0.4, 0.5) is 0 Å². The summed E-state index contributed by atoms with van der Waals surface area (Å²) in [5.74, 6) is 0.0712. The van der Waals surface area contributed by atoms with Crippen LogP contribution in [0.5, 0.6) is 0 Å². The highest BCUT2D eigenvalue weighted by molar-refractivity contribution is 9.10. The van der Waals surface area contributed by atoms with Crippen molar-refractivity contribution in [2.45, 2.75) is 19.4 Å². The minimum atomic E-state index is -0.889. The smallest absolute Gasteiger partial charge is 0.218 e. The summed E-state index contributed by atoms with van der Waals surface area (Å²) in [4.78, 5) is 11.5. The molecule has 0 bridgehead atoms. The number of hydrogen-bond donors (Lipinski definition) is 1. The second-order valence-electron chi connectivity index (χ2n) is 3.15. The van der Waals surface area contributed by atoms with Crippen molar-refractivity contribution < 1.29 is 9.21 Å². The summed E-state index contributed by atoms with van der Waals surface area (Å²) in [6, 6.07) is 1.67. The zero-order chi connectivity index (χ0) is 9.35. The van der Waals surface area contributed by atoms with Crippen LogP contribution in [0.3, 0.4) is 0 Å². The molecule has 1 heterocycles. The van der Waals surface area contributed by atoms with Crippen LogP contribution in [0.15, 0.2) is 21.2 Å². The van der Waals surface area contributed by atoms with Crippen molar-refractivity contribution in [2.75, 3.05) is 0 Å². The van der Waals surface area contributed by atoms with Crippen molar-refractivity contribution in [3.63, 3.8) is 0 Å². The molecule has 4 heteroatoms. The Morgan fingerprint density at radius 3 is 2.58 bits per heavy atom. The molecule has 0 aliphatic carbocycles. The van der Waals surface area contributed by atoms with Gasteiger partial charge >= 0.3 is 0 Å². The molecular weight excluding hydrogens is 222 g/mol. The third-order valence-electron chi connectivity index (χ3n) is 1.41. The van der Waals surface area contributed by atoms with E-state index in [2.05, 4.69) is 15.9 Å². The molecule has 0 aliphatic rings. The highest BCUT2D eigenvalue weighted by atomic mass is 79.9. The second kappa shape index (κ2) is 3.03. The fraction of sp³-hybridized carbons (Fsp3) is 0.375. The number of carbonyl (C=O) groups is 1. The molecule has 0 amide bonds. The van der Waals surface area contributed by atoms with E-state index in [0.717, 1.165) is 0 Å². The first-order valence-corrected chi connectivity index (χ1v) is 4.29. The van der Waals surface area contributed by atoms with Crippen molar-refractivity contribution >= 4 is 21.7 Å². The van der Waals surface area contributed by atoms with Crippen LogP contribution in [-0.4, -0.2) is 11.3 Å². The molecule has 0 fully saturated rings. The number of furan rings is 1. The van der Waals surface area contributed by atoms with Gasteiger partial charge in [0.1, 0.15) is 0 Å². The third-order valence-corrected chi connectivity index (χ3v) is 2.03. The largest absolute Gasteiger partial charge is 0.460 e. The van der Waals surface area contributed by atoms with Gasteiger partial charge in [-0.25, -0.2) is 0 Å². The molecule has 0 aromatic carbocycles. The zero-order valence-corrected chi connectivity index (χ0v) is 8.51. The summed E-state index contributed by atoms with van der Waals surface area (Å²) < 4.78 is 5.62. The van der Waals surface area contributed by atoms with Crippen LogP contribution in [-0.2, 0) is 0 Å². The van der Waals surface area contributed by atoms with Gasteiger partial charge < -0.3 is 10.2 Å². The predicted octanol–water partition coefficient (Wildman–Crippen LogP) is 1.96. The van der Waals surface area contributed by atoms with Crippen molar-refractivity contribution in [3.05, 3.63) is 22.6 Å². The molecule has 0 atom stereocenters. The van der Waals surface area contributed by atoms with Crippen LogP contribution in [0, 0.1) is 0 Å². The molecule has 1 aromatic rings. The van der Waals surface area contributed by atoms with Crippen molar-refractivity contribution in [3.8, 4) is 0 Å². The number of nitrogens with two attached hydrogens (primary N) is 1. The lowest BCUT2D eigenvalue weighted by Gasteiger charge is -2.14. The second-order valence-corrected chi connectivity index (χ2v) is 4.00. The first-order chi connectivity index (χ1) is 5.43. The summed E-state index contributed by atoms with van der Waals surface area (Å²) in [7, 11) is 0. The monoisotopic (exact) mass is 231 g/mol. The number of Topliss-reactive ketones (excluding diaryl/α,β-unsaturated/α-hetero) is 1. The Morgan fingerprint density at radius 1 is 1.67 bits per heavy atom. The number of ketones is 1. The van der Waals surface area contributed by atoms with Gasteiger partial charge in [0, 0.05) is 0 Å². The quantitative estimate of drug-likeness (QED) is 0.793. The fourth-order valence-corrected chi connectivity index (χ4v) is 1.13. The Balaban J connectivity index is 3.01. The topological polar surface area (TPSA) is 56.2 Å². The van der Waals surface area contributed by atoms with E-state index in [1.165, 1.54) is 6.26 Å². The van der Waals surface area contributed by atoms with Crippen molar-refractivity contribution in [1.82, 2.24) is 0 Å². The summed E-state index contributed by atoms with van der Waals surface area (Å²) in [6.07, 6.45) is 1.45. The van der Waals surface area contributed by atoms with Crippen LogP contribution in [0.1, 0.15) is 24.4 Å². The lowest BCUT2D eigenvalue weighted by molar-refractivity contribution is 0.0884. The Bertz CT molecular complexity index is 298. The van der Waals surface area contributed by atoms with Crippen molar-refractivity contribution in [1.29, 1.82) is 0 Å². The van der Waals surface area contributed by atoms with Crippen molar-refractivity contribution in [2.24, 2.45) is 5.73 Å². The molecule has 1 rings (SSSR count). The van der Waals surface area contributed by atoms with Crippen LogP contribution >= 0.6 is 15.9 Å². The molecule has 0 radical (unpaired) electrons.